The van der Waals surface area contributed by atoms with Crippen LogP contribution in [0.3, 0.4) is 0 Å². The molecule has 0 radical (unpaired) electrons. The molecule has 0 spiro atoms. The lowest BCUT2D eigenvalue weighted by Crippen LogP contribution is -2.50. The van der Waals surface area contributed by atoms with E-state index in [9.17, 15) is 9.59 Å². The first-order valence-corrected chi connectivity index (χ1v) is 8.61. The monoisotopic (exact) mass is 360 g/mol. The molecule has 2 aromatic rings. The second-order valence-corrected chi connectivity index (χ2v) is 7.28. The molecule has 3 rings (SSSR count). The average molecular weight is 360 g/mol. The fraction of sp³-hybridized carbons (Fsp3) is 0.474. The van der Waals surface area contributed by atoms with Crippen molar-refractivity contribution in [3.63, 3.8) is 0 Å². The highest BCUT2D eigenvalue weighted by atomic mass is 16.6. The van der Waals surface area contributed by atoms with Gasteiger partial charge in [-0.3, -0.25) is 0 Å². The number of hydrogen-bond donors (Lipinski definition) is 0. The molecule has 1 aromatic heterocycles. The zero-order valence-electron chi connectivity index (χ0n) is 15.6. The third-order valence-electron chi connectivity index (χ3n) is 4.18. The minimum Gasteiger partial charge on any atom is -0.463 e. The van der Waals surface area contributed by atoms with Crippen LogP contribution < -0.4 is 4.90 Å². The van der Waals surface area contributed by atoms with Gasteiger partial charge >= 0.3 is 12.1 Å². The van der Waals surface area contributed by atoms with E-state index in [1.807, 2.05) is 39.0 Å². The molecule has 0 bridgehead atoms. The van der Waals surface area contributed by atoms with Crippen molar-refractivity contribution < 1.29 is 23.5 Å². The summed E-state index contributed by atoms with van der Waals surface area (Å²) in [5.41, 5.74) is 1.18. The van der Waals surface area contributed by atoms with E-state index in [4.69, 9.17) is 9.15 Å². The number of methoxy groups -OCH3 is 1. The van der Waals surface area contributed by atoms with E-state index in [1.54, 1.807) is 11.0 Å². The molecule has 140 valence electrons. The van der Waals surface area contributed by atoms with Crippen LogP contribution in [0.4, 0.5) is 10.5 Å². The van der Waals surface area contributed by atoms with Crippen LogP contribution in [0.1, 0.15) is 31.3 Å². The first-order valence-electron chi connectivity index (χ1n) is 8.61. The first-order chi connectivity index (χ1) is 12.3. The fourth-order valence-corrected chi connectivity index (χ4v) is 2.90. The summed E-state index contributed by atoms with van der Waals surface area (Å²) in [4.78, 5) is 27.7. The van der Waals surface area contributed by atoms with Gasteiger partial charge in [0.05, 0.1) is 7.11 Å². The lowest BCUT2D eigenvalue weighted by atomic mass is 10.2. The third-order valence-corrected chi connectivity index (χ3v) is 4.18. The largest absolute Gasteiger partial charge is 0.463 e. The van der Waals surface area contributed by atoms with Crippen LogP contribution in [0.15, 0.2) is 28.7 Å². The van der Waals surface area contributed by atoms with Crippen LogP contribution >= 0.6 is 0 Å². The number of amides is 1. The van der Waals surface area contributed by atoms with Crippen molar-refractivity contribution in [1.82, 2.24) is 4.90 Å². The summed E-state index contributed by atoms with van der Waals surface area (Å²) in [6.07, 6.45) is -0.273. The van der Waals surface area contributed by atoms with Crippen molar-refractivity contribution in [2.45, 2.75) is 26.4 Å². The molecule has 1 saturated heterocycles. The Morgan fingerprint density at radius 2 is 1.77 bits per heavy atom. The summed E-state index contributed by atoms with van der Waals surface area (Å²) in [6, 6.07) is 7.46. The van der Waals surface area contributed by atoms with E-state index >= 15 is 0 Å². The molecule has 0 unspecified atom stereocenters. The molecular formula is C19H24N2O5. The van der Waals surface area contributed by atoms with Crippen LogP contribution in [0.25, 0.3) is 11.0 Å². The first kappa shape index (κ1) is 18.1. The summed E-state index contributed by atoms with van der Waals surface area (Å²) in [5.74, 6) is -0.303. The van der Waals surface area contributed by atoms with Gasteiger partial charge in [-0.05, 0) is 45.0 Å². The Labute approximate surface area is 152 Å². The van der Waals surface area contributed by atoms with Gasteiger partial charge in [0, 0.05) is 37.3 Å². The number of hydrogen-bond acceptors (Lipinski definition) is 6. The predicted octanol–water partition coefficient (Wildman–Crippen LogP) is 3.28. The fourth-order valence-electron chi connectivity index (χ4n) is 2.90. The van der Waals surface area contributed by atoms with Gasteiger partial charge in [0.2, 0.25) is 5.76 Å². The number of nitrogens with zero attached hydrogens (tertiary/aromatic N) is 2. The van der Waals surface area contributed by atoms with Crippen molar-refractivity contribution >= 4 is 28.7 Å². The number of anilines is 1. The zero-order chi connectivity index (χ0) is 18.9. The van der Waals surface area contributed by atoms with Gasteiger partial charge in [0.1, 0.15) is 11.2 Å². The second kappa shape index (κ2) is 6.90. The number of esters is 1. The Hall–Kier alpha value is -2.70. The molecule has 7 heteroatoms. The number of rotatable bonds is 2. The van der Waals surface area contributed by atoms with Crippen LogP contribution in [0.5, 0.6) is 0 Å². The summed E-state index contributed by atoms with van der Waals surface area (Å²) in [6.45, 7) is 8.23. The second-order valence-electron chi connectivity index (χ2n) is 7.28. The molecule has 2 heterocycles. The molecular weight excluding hydrogens is 336 g/mol. The van der Waals surface area contributed by atoms with Crippen molar-refractivity contribution in [3.8, 4) is 0 Å². The topological polar surface area (TPSA) is 72.2 Å². The van der Waals surface area contributed by atoms with Gasteiger partial charge in [-0.25, -0.2) is 9.59 Å². The van der Waals surface area contributed by atoms with Crippen LogP contribution in [-0.4, -0.2) is 55.9 Å². The van der Waals surface area contributed by atoms with Gasteiger partial charge in [0.25, 0.3) is 0 Å². The van der Waals surface area contributed by atoms with Crippen molar-refractivity contribution in [3.05, 3.63) is 30.0 Å². The minimum atomic E-state index is -0.492. The SMILES string of the molecule is COC(=O)c1cc2cc(N3CCN(C(=O)OC(C)(C)C)CC3)ccc2o1. The highest BCUT2D eigenvalue weighted by molar-refractivity contribution is 5.93. The van der Waals surface area contributed by atoms with Gasteiger partial charge in [-0.1, -0.05) is 0 Å². The maximum atomic E-state index is 12.2. The quantitative estimate of drug-likeness (QED) is 0.766. The number of fused-ring (bicyclic) bond motifs is 1. The number of carbonyl (C=O) groups is 2. The number of furan rings is 1. The Morgan fingerprint density at radius 1 is 1.08 bits per heavy atom. The summed E-state index contributed by atoms with van der Waals surface area (Å²) in [7, 11) is 1.32. The molecule has 1 aliphatic rings. The van der Waals surface area contributed by atoms with Crippen molar-refractivity contribution in [2.24, 2.45) is 0 Å². The highest BCUT2D eigenvalue weighted by Crippen LogP contribution is 2.26. The van der Waals surface area contributed by atoms with E-state index in [-0.39, 0.29) is 11.9 Å². The smallest absolute Gasteiger partial charge is 0.410 e. The van der Waals surface area contributed by atoms with E-state index in [1.165, 1.54) is 7.11 Å². The van der Waals surface area contributed by atoms with E-state index in [0.29, 0.717) is 31.8 Å². The van der Waals surface area contributed by atoms with E-state index < -0.39 is 11.6 Å². The average Bonchev–Trinajstić information content (AvgIpc) is 3.03. The lowest BCUT2D eigenvalue weighted by molar-refractivity contribution is 0.0240. The van der Waals surface area contributed by atoms with Crippen LogP contribution in [0, 0.1) is 0 Å². The Bertz CT molecular complexity index is 813. The van der Waals surface area contributed by atoms with Crippen LogP contribution in [-0.2, 0) is 9.47 Å². The molecule has 0 atom stereocenters. The van der Waals surface area contributed by atoms with Gasteiger partial charge < -0.3 is 23.7 Å². The Balaban J connectivity index is 1.67. The minimum absolute atomic E-state index is 0.189. The Morgan fingerprint density at radius 3 is 2.38 bits per heavy atom. The number of piperazine rings is 1. The third kappa shape index (κ3) is 3.92. The number of carbonyl (C=O) groups excluding carboxylic acids is 2. The van der Waals surface area contributed by atoms with Crippen LogP contribution in [0.2, 0.25) is 0 Å². The van der Waals surface area contributed by atoms with E-state index in [0.717, 1.165) is 11.1 Å². The maximum Gasteiger partial charge on any atom is 0.410 e. The van der Waals surface area contributed by atoms with Crippen molar-refractivity contribution in [2.75, 3.05) is 38.2 Å². The lowest BCUT2D eigenvalue weighted by Gasteiger charge is -2.36. The molecule has 0 saturated carbocycles. The number of ether oxygens (including phenoxy) is 2. The standard InChI is InChI=1S/C19H24N2O5/c1-19(2,3)26-18(23)21-9-7-20(8-10-21)14-5-6-15-13(11-14)12-16(25-15)17(22)24-4/h5-6,11-12H,7-10H2,1-4H3. The molecule has 26 heavy (non-hydrogen) atoms. The molecule has 1 aromatic carbocycles. The number of benzene rings is 1. The van der Waals surface area contributed by atoms with Gasteiger partial charge in [-0.2, -0.15) is 0 Å². The van der Waals surface area contributed by atoms with E-state index in [2.05, 4.69) is 9.64 Å². The van der Waals surface area contributed by atoms with Gasteiger partial charge in [-0.15, -0.1) is 0 Å². The molecule has 1 aliphatic heterocycles. The predicted molar refractivity (Wildman–Crippen MR) is 97.6 cm³/mol. The summed E-state index contributed by atoms with van der Waals surface area (Å²) < 4.78 is 15.6. The molecule has 0 aliphatic carbocycles. The highest BCUT2D eigenvalue weighted by Gasteiger charge is 2.26. The molecule has 1 fully saturated rings. The molecule has 0 N–H and O–H groups in total. The Kier molecular flexibility index (Phi) is 4.80. The summed E-state index contributed by atoms with van der Waals surface area (Å²) >= 11 is 0. The molecule has 7 nitrogen and oxygen atoms in total. The van der Waals surface area contributed by atoms with Crippen molar-refractivity contribution in [1.29, 1.82) is 0 Å². The normalized spacial score (nSPS) is 15.2. The maximum absolute atomic E-state index is 12.2. The summed E-state index contributed by atoms with van der Waals surface area (Å²) in [5, 5.41) is 0.845. The zero-order valence-corrected chi connectivity index (χ0v) is 15.6. The molecule has 1 amide bonds. The van der Waals surface area contributed by atoms with Gasteiger partial charge in [0.15, 0.2) is 0 Å².